The summed E-state index contributed by atoms with van der Waals surface area (Å²) in [6.45, 7) is 8.60. The number of hydrogen-bond donors (Lipinski definition) is 11. The Kier molecular flexibility index (Phi) is 23.2. The van der Waals surface area contributed by atoms with Crippen molar-refractivity contribution in [1.29, 1.82) is 0 Å². The highest BCUT2D eigenvalue weighted by Gasteiger charge is 2.47. The second-order valence-electron chi connectivity index (χ2n) is 17.6. The lowest BCUT2D eigenvalue weighted by Crippen LogP contribution is -2.61. The number of allylic oxidation sites excluding steroid dienone is 12. The number of aliphatic hydroxyl groups excluding tert-OH is 9. The predicted octanol–water partition coefficient (Wildman–Crippen LogP) is 1.65. The van der Waals surface area contributed by atoms with Crippen molar-refractivity contribution in [3.63, 3.8) is 0 Å². The fourth-order valence-corrected chi connectivity index (χ4v) is 7.79. The van der Waals surface area contributed by atoms with Crippen LogP contribution >= 0.6 is 0 Å². The van der Waals surface area contributed by atoms with Crippen molar-refractivity contribution < 1.29 is 74.8 Å². The number of carbonyl (C=O) groups excluding carboxylic acids is 1. The predicted molar refractivity (Wildman–Crippen MR) is 235 cm³/mol. The van der Waals surface area contributed by atoms with Crippen LogP contribution in [0.2, 0.25) is 0 Å². The lowest BCUT2D eigenvalue weighted by molar-refractivity contribution is -0.310. The molecule has 0 amide bonds. The van der Waals surface area contributed by atoms with Crippen LogP contribution in [0, 0.1) is 17.8 Å². The summed E-state index contributed by atoms with van der Waals surface area (Å²) in [5.74, 6) is -4.01. The molecule has 12 N–H and O–H groups in total. The Balaban J connectivity index is 1.81. The minimum absolute atomic E-state index is 0.0428. The fourth-order valence-electron chi connectivity index (χ4n) is 7.79. The maximum Gasteiger partial charge on any atom is 0.308 e. The normalized spacial score (nSPS) is 46.6. The fraction of sp³-hybridized carbons (Fsp3) is 0.681. The molecular weight excluding hydrogens is 819 g/mol. The maximum atomic E-state index is 12.6. The Labute approximate surface area is 372 Å². The Morgan fingerprint density at radius 2 is 1.14 bits per heavy atom. The molecule has 6 unspecified atom stereocenters. The van der Waals surface area contributed by atoms with E-state index in [1.54, 1.807) is 58.1 Å². The van der Waals surface area contributed by atoms with Crippen molar-refractivity contribution in [1.82, 2.24) is 0 Å². The van der Waals surface area contributed by atoms with Crippen LogP contribution < -0.4 is 5.73 Å². The smallest absolute Gasteiger partial charge is 0.308 e. The van der Waals surface area contributed by atoms with Crippen LogP contribution in [0.15, 0.2) is 85.1 Å². The summed E-state index contributed by atoms with van der Waals surface area (Å²) >= 11 is 0. The molecule has 358 valence electrons. The molecule has 2 saturated heterocycles. The molecule has 0 radical (unpaired) electrons. The summed E-state index contributed by atoms with van der Waals surface area (Å²) in [4.78, 5) is 12.6. The molecule has 0 aliphatic carbocycles. The molecule has 3 aliphatic heterocycles. The van der Waals surface area contributed by atoms with Gasteiger partial charge in [-0.3, -0.25) is 4.79 Å². The Hall–Kier alpha value is -2.91. The highest BCUT2D eigenvalue weighted by molar-refractivity contribution is 5.70. The first kappa shape index (κ1) is 54.4. The van der Waals surface area contributed by atoms with E-state index >= 15 is 0 Å². The SMILES string of the molecule is CC1OC(O[C@H]2/C=C/C=C/C=C/C=C/C=C/C=C/C=C/[C@H](C)[C@@H](O)[C@@H](C)[C@H](C)OC(=O)C[C@H](O)C[C@H](O)C[C@H](O)CC[C@@H](O)[C@H](O)C[C@]3(O)C[C@H](O)[C@@H](C)C(C2)O3)C(O)C(N)C1O. The first-order valence-electron chi connectivity index (χ1n) is 22.2. The molecular formula is C47H75NO15. The minimum atomic E-state index is -2.08. The van der Waals surface area contributed by atoms with Gasteiger partial charge in [-0.05, 0) is 39.5 Å². The van der Waals surface area contributed by atoms with Gasteiger partial charge in [0, 0.05) is 37.0 Å². The van der Waals surface area contributed by atoms with Crippen LogP contribution in [0.5, 0.6) is 0 Å². The van der Waals surface area contributed by atoms with E-state index in [-0.39, 0.29) is 44.4 Å². The van der Waals surface area contributed by atoms with Crippen molar-refractivity contribution in [2.75, 3.05) is 0 Å². The van der Waals surface area contributed by atoms with E-state index in [2.05, 4.69) is 0 Å². The molecule has 0 aromatic heterocycles. The van der Waals surface area contributed by atoms with Crippen molar-refractivity contribution in [2.45, 2.75) is 183 Å². The van der Waals surface area contributed by atoms with Gasteiger partial charge in [-0.15, -0.1) is 0 Å². The molecule has 3 rings (SSSR count). The van der Waals surface area contributed by atoms with Crippen molar-refractivity contribution >= 4 is 5.97 Å². The quantitative estimate of drug-likeness (QED) is 0.176. The second-order valence-corrected chi connectivity index (χ2v) is 17.6. The van der Waals surface area contributed by atoms with E-state index < -0.39 is 128 Å². The molecule has 0 spiro atoms. The summed E-state index contributed by atoms with van der Waals surface area (Å²) in [5, 5.41) is 108. The molecule has 0 saturated carbocycles. The lowest BCUT2D eigenvalue weighted by Gasteiger charge is -2.46. The summed E-state index contributed by atoms with van der Waals surface area (Å²) in [6.07, 6.45) is 8.08. The van der Waals surface area contributed by atoms with Crippen molar-refractivity contribution in [3.05, 3.63) is 85.1 Å². The third-order valence-electron chi connectivity index (χ3n) is 12.1. The zero-order valence-corrected chi connectivity index (χ0v) is 37.2. The van der Waals surface area contributed by atoms with Gasteiger partial charge in [-0.25, -0.2) is 0 Å². The maximum absolute atomic E-state index is 12.6. The Bertz CT molecular complexity index is 1570. The average Bonchev–Trinajstić information content (AvgIpc) is 3.21. The van der Waals surface area contributed by atoms with Gasteiger partial charge in [0.1, 0.15) is 12.2 Å². The van der Waals surface area contributed by atoms with Gasteiger partial charge < -0.3 is 75.7 Å². The van der Waals surface area contributed by atoms with E-state index in [0.29, 0.717) is 0 Å². The summed E-state index contributed by atoms with van der Waals surface area (Å²) in [5.41, 5.74) is 6.05. The summed E-state index contributed by atoms with van der Waals surface area (Å²) in [6, 6.07) is -1.05. The van der Waals surface area contributed by atoms with Crippen LogP contribution in [-0.4, -0.2) is 155 Å². The Morgan fingerprint density at radius 1 is 0.603 bits per heavy atom. The molecule has 3 aliphatic rings. The second kappa shape index (κ2) is 26.9. The molecule has 3 heterocycles. The first-order valence-corrected chi connectivity index (χ1v) is 22.2. The molecule has 2 fully saturated rings. The number of rotatable bonds is 2. The molecule has 0 aromatic rings. The number of hydrogen-bond acceptors (Lipinski definition) is 16. The van der Waals surface area contributed by atoms with Gasteiger partial charge >= 0.3 is 5.97 Å². The summed E-state index contributed by atoms with van der Waals surface area (Å²) < 4.78 is 23.5. The number of cyclic esters (lactones) is 1. The molecule has 16 nitrogen and oxygen atoms in total. The standard InChI is InChI=1S/C47H75NO15/c1-28-18-16-14-12-10-8-6-7-9-11-13-15-17-19-36(62-46-45(58)42(48)44(57)32(5)61-46)25-40-30(3)38(53)26-47(59,63-40)27-39(54)37(52)21-20-33(49)22-34(50)23-35(51)24-41(55)60-31(4)29(2)43(28)56/h6-19,28-40,42-46,49-54,56-59H,20-27,48H2,1-5H3/b7-6+,10-8+,11-9+,14-12+,15-13+,18-16+,19-17+/t28-,29-,30+,31-,32?,33+,34+,35+,36-,37+,38-,39+,40?,42?,43+,44?,45?,46?,47-/m0/s1. The van der Waals surface area contributed by atoms with Crippen LogP contribution in [-0.2, 0) is 23.7 Å². The molecule has 63 heavy (non-hydrogen) atoms. The summed E-state index contributed by atoms with van der Waals surface area (Å²) in [7, 11) is 0. The van der Waals surface area contributed by atoms with Crippen LogP contribution in [0.3, 0.4) is 0 Å². The van der Waals surface area contributed by atoms with Gasteiger partial charge in [0.15, 0.2) is 12.1 Å². The number of nitrogens with two attached hydrogens (primary N) is 1. The van der Waals surface area contributed by atoms with E-state index in [4.69, 9.17) is 24.7 Å². The van der Waals surface area contributed by atoms with Gasteiger partial charge in [-0.1, -0.05) is 106 Å². The van der Waals surface area contributed by atoms with E-state index in [9.17, 15) is 55.9 Å². The van der Waals surface area contributed by atoms with Crippen LogP contribution in [0.1, 0.15) is 86.0 Å². The number of fused-ring (bicyclic) bond motifs is 2. The van der Waals surface area contributed by atoms with E-state index in [0.717, 1.165) is 0 Å². The third-order valence-corrected chi connectivity index (χ3v) is 12.1. The van der Waals surface area contributed by atoms with E-state index in [1.807, 2.05) is 61.6 Å². The van der Waals surface area contributed by atoms with E-state index in [1.165, 1.54) is 0 Å². The van der Waals surface area contributed by atoms with Gasteiger partial charge in [0.2, 0.25) is 0 Å². The zero-order valence-electron chi connectivity index (χ0n) is 37.2. The van der Waals surface area contributed by atoms with Gasteiger partial charge in [-0.2, -0.15) is 0 Å². The molecule has 19 atom stereocenters. The van der Waals surface area contributed by atoms with Crippen LogP contribution in [0.4, 0.5) is 0 Å². The minimum Gasteiger partial charge on any atom is -0.462 e. The number of carbonyl (C=O) groups is 1. The van der Waals surface area contributed by atoms with Crippen molar-refractivity contribution in [3.8, 4) is 0 Å². The zero-order chi connectivity index (χ0) is 46.9. The Morgan fingerprint density at radius 3 is 1.75 bits per heavy atom. The van der Waals surface area contributed by atoms with Gasteiger partial charge in [0.25, 0.3) is 0 Å². The first-order chi connectivity index (χ1) is 29.7. The number of esters is 1. The molecule has 16 heteroatoms. The lowest BCUT2D eigenvalue weighted by atomic mass is 9.83. The van der Waals surface area contributed by atoms with Crippen molar-refractivity contribution in [2.24, 2.45) is 23.5 Å². The van der Waals surface area contributed by atoms with Crippen LogP contribution in [0.25, 0.3) is 0 Å². The highest BCUT2D eigenvalue weighted by Crippen LogP contribution is 2.38. The molecule has 2 bridgehead atoms. The molecule has 0 aromatic carbocycles. The average molecular weight is 894 g/mol. The number of ether oxygens (including phenoxy) is 4. The topological polar surface area (TPSA) is 282 Å². The number of aliphatic hydroxyl groups is 10. The monoisotopic (exact) mass is 894 g/mol. The largest absolute Gasteiger partial charge is 0.462 e. The highest BCUT2D eigenvalue weighted by atomic mass is 16.7. The van der Waals surface area contributed by atoms with Gasteiger partial charge in [0.05, 0.1) is 79.6 Å². The third kappa shape index (κ3) is 18.5.